The molecule has 0 atom stereocenters. The van der Waals surface area contributed by atoms with Gasteiger partial charge in [0, 0.05) is 6.54 Å². The van der Waals surface area contributed by atoms with Gasteiger partial charge in [-0.3, -0.25) is 9.69 Å². The molecule has 7 heteroatoms. The van der Waals surface area contributed by atoms with Crippen molar-refractivity contribution in [2.24, 2.45) is 4.99 Å². The molecule has 1 N–H and O–H groups in total. The van der Waals surface area contributed by atoms with Crippen molar-refractivity contribution in [1.29, 1.82) is 0 Å². The molecule has 0 radical (unpaired) electrons. The van der Waals surface area contributed by atoms with E-state index in [1.807, 2.05) is 19.1 Å². The molecule has 1 heterocycles. The van der Waals surface area contributed by atoms with Crippen LogP contribution in [0.2, 0.25) is 5.02 Å². The lowest BCUT2D eigenvalue weighted by molar-refractivity contribution is -0.122. The van der Waals surface area contributed by atoms with Gasteiger partial charge in [-0.15, -0.1) is 0 Å². The highest BCUT2D eigenvalue weighted by Crippen LogP contribution is 2.36. The third kappa shape index (κ3) is 3.71. The standard InChI is InChI=1S/C19H17ClN2O3S/c1-3-22-18(24)17(11-12-8-9-15(23)16(10-12)25-2)26-19(22)21-14-7-5-4-6-13(14)20/h4-11,23H,3H2,1-2H3/b17-11+,21-19?. The van der Waals surface area contributed by atoms with Crippen molar-refractivity contribution in [3.05, 3.63) is 58.0 Å². The molecule has 0 spiro atoms. The molecule has 0 aromatic heterocycles. The fraction of sp³-hybridized carbons (Fsp3) is 0.158. The number of amides is 1. The molecule has 2 aromatic carbocycles. The lowest BCUT2D eigenvalue weighted by Gasteiger charge is -2.12. The minimum atomic E-state index is -0.115. The van der Waals surface area contributed by atoms with Gasteiger partial charge in [-0.1, -0.05) is 29.8 Å². The Kier molecular flexibility index (Phi) is 5.54. The Labute approximate surface area is 160 Å². The van der Waals surface area contributed by atoms with Crippen LogP contribution in [0, 0.1) is 0 Å². The van der Waals surface area contributed by atoms with E-state index in [-0.39, 0.29) is 11.7 Å². The van der Waals surface area contributed by atoms with Crippen molar-refractivity contribution in [3.63, 3.8) is 0 Å². The highest BCUT2D eigenvalue weighted by Gasteiger charge is 2.32. The van der Waals surface area contributed by atoms with Crippen molar-refractivity contribution < 1.29 is 14.6 Å². The number of phenolic OH excluding ortho intramolecular Hbond substituents is 1. The lowest BCUT2D eigenvalue weighted by Crippen LogP contribution is -2.28. The maximum Gasteiger partial charge on any atom is 0.266 e. The summed E-state index contributed by atoms with van der Waals surface area (Å²) in [6.07, 6.45) is 1.76. The fourth-order valence-electron chi connectivity index (χ4n) is 2.45. The van der Waals surface area contributed by atoms with E-state index in [0.717, 1.165) is 5.56 Å². The molecule has 0 aliphatic carbocycles. The number of aromatic hydroxyl groups is 1. The molecule has 0 bridgehead atoms. The number of hydrogen-bond acceptors (Lipinski definition) is 5. The van der Waals surface area contributed by atoms with Crippen molar-refractivity contribution in [1.82, 2.24) is 4.90 Å². The number of nitrogens with zero attached hydrogens (tertiary/aromatic N) is 2. The second-order valence-corrected chi connectivity index (χ2v) is 6.85. The number of carbonyl (C=O) groups excluding carboxylic acids is 1. The zero-order chi connectivity index (χ0) is 18.7. The second-order valence-electron chi connectivity index (χ2n) is 5.44. The first-order valence-corrected chi connectivity index (χ1v) is 9.14. The third-order valence-corrected chi connectivity index (χ3v) is 5.10. The first kappa shape index (κ1) is 18.4. The first-order valence-electron chi connectivity index (χ1n) is 7.95. The van der Waals surface area contributed by atoms with Crippen molar-refractivity contribution in [2.45, 2.75) is 6.92 Å². The predicted molar refractivity (Wildman–Crippen MR) is 106 cm³/mol. The SMILES string of the molecule is CCN1C(=O)/C(=C\c2ccc(O)c(OC)c2)SC1=Nc1ccccc1Cl. The van der Waals surface area contributed by atoms with E-state index in [9.17, 15) is 9.90 Å². The summed E-state index contributed by atoms with van der Waals surface area (Å²) in [4.78, 5) is 19.4. The summed E-state index contributed by atoms with van der Waals surface area (Å²) in [5, 5.41) is 10.8. The summed E-state index contributed by atoms with van der Waals surface area (Å²) >= 11 is 7.47. The zero-order valence-electron chi connectivity index (χ0n) is 14.3. The minimum absolute atomic E-state index is 0.0520. The molecule has 1 amide bonds. The number of ether oxygens (including phenoxy) is 1. The Balaban J connectivity index is 1.96. The van der Waals surface area contributed by atoms with Crippen LogP contribution in [0.15, 0.2) is 52.4 Å². The summed E-state index contributed by atoms with van der Waals surface area (Å²) in [5.41, 5.74) is 1.38. The van der Waals surface area contributed by atoms with Gasteiger partial charge in [0.25, 0.3) is 5.91 Å². The Morgan fingerprint density at radius 1 is 1.31 bits per heavy atom. The van der Waals surface area contributed by atoms with Crippen LogP contribution in [0.3, 0.4) is 0 Å². The van der Waals surface area contributed by atoms with Gasteiger partial charge in [0.2, 0.25) is 0 Å². The number of likely N-dealkylation sites (N-methyl/N-ethyl adjacent to an activating group) is 1. The Bertz CT molecular complexity index is 911. The van der Waals surface area contributed by atoms with Gasteiger partial charge in [0.15, 0.2) is 16.7 Å². The largest absolute Gasteiger partial charge is 0.504 e. The second kappa shape index (κ2) is 7.85. The Morgan fingerprint density at radius 3 is 2.77 bits per heavy atom. The summed E-state index contributed by atoms with van der Waals surface area (Å²) in [6.45, 7) is 2.40. The topological polar surface area (TPSA) is 62.1 Å². The highest BCUT2D eigenvalue weighted by molar-refractivity contribution is 8.18. The normalized spacial score (nSPS) is 17.3. The molecule has 1 saturated heterocycles. The molecule has 26 heavy (non-hydrogen) atoms. The summed E-state index contributed by atoms with van der Waals surface area (Å²) < 4.78 is 5.11. The summed E-state index contributed by atoms with van der Waals surface area (Å²) in [5.74, 6) is 0.290. The van der Waals surface area contributed by atoms with E-state index in [1.54, 1.807) is 35.2 Å². The van der Waals surface area contributed by atoms with Crippen molar-refractivity contribution in [2.75, 3.05) is 13.7 Å². The van der Waals surface area contributed by atoms with Crippen LogP contribution >= 0.6 is 23.4 Å². The van der Waals surface area contributed by atoms with E-state index in [4.69, 9.17) is 16.3 Å². The molecule has 1 aliphatic rings. The quantitative estimate of drug-likeness (QED) is 0.772. The van der Waals surface area contributed by atoms with Gasteiger partial charge in [-0.05, 0) is 54.6 Å². The van der Waals surface area contributed by atoms with E-state index >= 15 is 0 Å². The molecule has 1 fully saturated rings. The minimum Gasteiger partial charge on any atom is -0.504 e. The van der Waals surface area contributed by atoms with Gasteiger partial charge in [0.1, 0.15) is 0 Å². The maximum atomic E-state index is 12.7. The number of phenols is 1. The summed E-state index contributed by atoms with van der Waals surface area (Å²) in [7, 11) is 1.48. The maximum absolute atomic E-state index is 12.7. The van der Waals surface area contributed by atoms with Crippen LogP contribution in [0.1, 0.15) is 12.5 Å². The van der Waals surface area contributed by atoms with E-state index < -0.39 is 0 Å². The van der Waals surface area contributed by atoms with Gasteiger partial charge >= 0.3 is 0 Å². The highest BCUT2D eigenvalue weighted by atomic mass is 35.5. The number of thioether (sulfide) groups is 1. The third-order valence-electron chi connectivity index (χ3n) is 3.77. The van der Waals surface area contributed by atoms with E-state index in [0.29, 0.717) is 33.1 Å². The Hall–Kier alpha value is -2.44. The molecule has 0 saturated carbocycles. The van der Waals surface area contributed by atoms with Gasteiger partial charge in [0.05, 0.1) is 22.7 Å². The van der Waals surface area contributed by atoms with Gasteiger partial charge in [-0.25, -0.2) is 4.99 Å². The molecule has 134 valence electrons. The van der Waals surface area contributed by atoms with Crippen molar-refractivity contribution in [3.8, 4) is 11.5 Å². The average molecular weight is 389 g/mol. The smallest absolute Gasteiger partial charge is 0.266 e. The average Bonchev–Trinajstić information content (AvgIpc) is 2.93. The van der Waals surface area contributed by atoms with Crippen LogP contribution in [-0.4, -0.2) is 34.7 Å². The van der Waals surface area contributed by atoms with Crippen molar-refractivity contribution >= 4 is 46.2 Å². The number of benzene rings is 2. The Morgan fingerprint density at radius 2 is 2.08 bits per heavy atom. The number of methoxy groups -OCH3 is 1. The monoisotopic (exact) mass is 388 g/mol. The number of aliphatic imine (C=N–C) groups is 1. The van der Waals surface area contributed by atoms with Gasteiger partial charge in [-0.2, -0.15) is 0 Å². The molecule has 2 aromatic rings. The number of para-hydroxylation sites is 1. The van der Waals surface area contributed by atoms with E-state index in [1.165, 1.54) is 24.9 Å². The molecule has 3 rings (SSSR count). The number of hydrogen-bond donors (Lipinski definition) is 1. The van der Waals surface area contributed by atoms with Crippen LogP contribution in [0.5, 0.6) is 11.5 Å². The number of amidine groups is 1. The number of halogens is 1. The molecular formula is C19H17ClN2O3S. The number of rotatable bonds is 4. The number of carbonyl (C=O) groups is 1. The molecule has 1 aliphatic heterocycles. The van der Waals surface area contributed by atoms with Crippen LogP contribution in [-0.2, 0) is 4.79 Å². The predicted octanol–water partition coefficient (Wildman–Crippen LogP) is 4.68. The first-order chi connectivity index (χ1) is 12.5. The molecule has 5 nitrogen and oxygen atoms in total. The fourth-order valence-corrected chi connectivity index (χ4v) is 3.68. The van der Waals surface area contributed by atoms with Crippen LogP contribution < -0.4 is 4.74 Å². The van der Waals surface area contributed by atoms with Crippen LogP contribution in [0.25, 0.3) is 6.08 Å². The summed E-state index contributed by atoms with van der Waals surface area (Å²) in [6, 6.07) is 12.2. The molecular weight excluding hydrogens is 372 g/mol. The van der Waals surface area contributed by atoms with Gasteiger partial charge < -0.3 is 9.84 Å². The molecule has 0 unspecified atom stereocenters. The zero-order valence-corrected chi connectivity index (χ0v) is 15.8. The van der Waals surface area contributed by atoms with Crippen LogP contribution in [0.4, 0.5) is 5.69 Å². The van der Waals surface area contributed by atoms with E-state index in [2.05, 4.69) is 4.99 Å². The lowest BCUT2D eigenvalue weighted by atomic mass is 10.2.